The Bertz CT molecular complexity index is 508. The first-order chi connectivity index (χ1) is 8.65. The molecule has 1 atom stereocenters. The van der Waals surface area contributed by atoms with Crippen LogP contribution in [-0.2, 0) is 6.61 Å². The van der Waals surface area contributed by atoms with Crippen LogP contribution in [0.1, 0.15) is 24.1 Å². The monoisotopic (exact) mass is 245 g/mol. The van der Waals surface area contributed by atoms with Crippen LogP contribution in [0.5, 0.6) is 5.75 Å². The fourth-order valence-corrected chi connectivity index (χ4v) is 1.63. The summed E-state index contributed by atoms with van der Waals surface area (Å²) in [7, 11) is 0. The molecular weight excluding hydrogens is 229 g/mol. The number of hydrogen-bond acceptors (Lipinski definition) is 2. The maximum absolute atomic E-state index is 12.7. The molecule has 3 heteroatoms. The minimum absolute atomic E-state index is 0.0145. The number of ether oxygens (including phenoxy) is 1. The predicted octanol–water partition coefficient (Wildman–Crippen LogP) is 3.42. The maximum atomic E-state index is 12.7. The first-order valence-corrected chi connectivity index (χ1v) is 5.88. The summed E-state index contributed by atoms with van der Waals surface area (Å²) < 4.78 is 18.4. The third kappa shape index (κ3) is 3.31. The molecule has 0 saturated carbocycles. The zero-order chi connectivity index (χ0) is 13.0. The second-order valence-electron chi connectivity index (χ2n) is 4.28. The molecule has 0 amide bonds. The van der Waals surface area contributed by atoms with E-state index in [0.29, 0.717) is 6.61 Å². The molecule has 2 rings (SSSR count). The van der Waals surface area contributed by atoms with Gasteiger partial charge >= 0.3 is 0 Å². The van der Waals surface area contributed by atoms with Crippen molar-refractivity contribution in [3.63, 3.8) is 0 Å². The van der Waals surface area contributed by atoms with E-state index in [2.05, 4.69) is 0 Å². The molecule has 2 nitrogen and oxygen atoms in total. The molecule has 18 heavy (non-hydrogen) atoms. The van der Waals surface area contributed by atoms with Crippen molar-refractivity contribution >= 4 is 0 Å². The average Bonchev–Trinajstić information content (AvgIpc) is 2.38. The molecule has 0 aromatic heterocycles. The summed E-state index contributed by atoms with van der Waals surface area (Å²) in [5.41, 5.74) is 7.78. The molecule has 0 aliphatic carbocycles. The van der Waals surface area contributed by atoms with Gasteiger partial charge in [0.25, 0.3) is 0 Å². The fraction of sp³-hybridized carbons (Fsp3) is 0.200. The molecule has 1 unspecified atom stereocenters. The van der Waals surface area contributed by atoms with Crippen molar-refractivity contribution in [2.24, 2.45) is 5.73 Å². The van der Waals surface area contributed by atoms with Crippen LogP contribution in [0, 0.1) is 5.82 Å². The van der Waals surface area contributed by atoms with Crippen molar-refractivity contribution < 1.29 is 9.13 Å². The summed E-state index contributed by atoms with van der Waals surface area (Å²) in [4.78, 5) is 0. The highest BCUT2D eigenvalue weighted by Gasteiger charge is 2.01. The van der Waals surface area contributed by atoms with Crippen LogP contribution in [0.25, 0.3) is 0 Å². The van der Waals surface area contributed by atoms with Gasteiger partial charge in [0.15, 0.2) is 0 Å². The molecule has 0 spiro atoms. The van der Waals surface area contributed by atoms with E-state index in [0.717, 1.165) is 16.9 Å². The summed E-state index contributed by atoms with van der Waals surface area (Å²) in [5, 5.41) is 0. The predicted molar refractivity (Wildman–Crippen MR) is 69.8 cm³/mol. The minimum Gasteiger partial charge on any atom is -0.489 e. The second kappa shape index (κ2) is 5.65. The van der Waals surface area contributed by atoms with Gasteiger partial charge in [-0.05, 0) is 42.3 Å². The van der Waals surface area contributed by atoms with E-state index in [1.807, 2.05) is 31.2 Å². The Morgan fingerprint density at radius 3 is 2.56 bits per heavy atom. The van der Waals surface area contributed by atoms with Gasteiger partial charge < -0.3 is 10.5 Å². The molecule has 0 saturated heterocycles. The van der Waals surface area contributed by atoms with E-state index in [4.69, 9.17) is 10.5 Å². The second-order valence-corrected chi connectivity index (χ2v) is 4.28. The van der Waals surface area contributed by atoms with Crippen molar-refractivity contribution in [2.75, 3.05) is 0 Å². The Hall–Kier alpha value is -1.87. The highest BCUT2D eigenvalue weighted by molar-refractivity contribution is 5.30. The van der Waals surface area contributed by atoms with Gasteiger partial charge in [0, 0.05) is 6.04 Å². The summed E-state index contributed by atoms with van der Waals surface area (Å²) in [6.45, 7) is 2.35. The minimum atomic E-state index is -0.238. The normalized spacial score (nSPS) is 12.2. The van der Waals surface area contributed by atoms with Crippen molar-refractivity contribution in [3.8, 4) is 5.75 Å². The molecule has 0 aliphatic rings. The van der Waals surface area contributed by atoms with E-state index in [-0.39, 0.29) is 11.9 Å². The van der Waals surface area contributed by atoms with Gasteiger partial charge in [-0.2, -0.15) is 0 Å². The topological polar surface area (TPSA) is 35.2 Å². The average molecular weight is 245 g/mol. The third-order valence-corrected chi connectivity index (χ3v) is 2.70. The zero-order valence-corrected chi connectivity index (χ0v) is 10.3. The third-order valence-electron chi connectivity index (χ3n) is 2.70. The van der Waals surface area contributed by atoms with Crippen LogP contribution in [0.15, 0.2) is 48.5 Å². The lowest BCUT2D eigenvalue weighted by atomic mass is 10.1. The van der Waals surface area contributed by atoms with Crippen LogP contribution in [0.4, 0.5) is 4.39 Å². The number of nitrogens with two attached hydrogens (primary N) is 1. The van der Waals surface area contributed by atoms with Crippen LogP contribution in [0.2, 0.25) is 0 Å². The summed E-state index contributed by atoms with van der Waals surface area (Å²) in [5.74, 6) is 0.534. The van der Waals surface area contributed by atoms with Gasteiger partial charge in [0.1, 0.15) is 18.2 Å². The SMILES string of the molecule is CC(N)c1cccc(OCc2ccc(F)cc2)c1. The largest absolute Gasteiger partial charge is 0.489 e. The van der Waals surface area contributed by atoms with Crippen LogP contribution in [0.3, 0.4) is 0 Å². The highest BCUT2D eigenvalue weighted by atomic mass is 19.1. The van der Waals surface area contributed by atoms with Gasteiger partial charge in [-0.1, -0.05) is 24.3 Å². The molecule has 0 fully saturated rings. The van der Waals surface area contributed by atoms with Gasteiger partial charge in [0.05, 0.1) is 0 Å². The molecule has 2 aromatic rings. The van der Waals surface area contributed by atoms with Crippen molar-refractivity contribution in [1.82, 2.24) is 0 Å². The summed E-state index contributed by atoms with van der Waals surface area (Å²) in [6.07, 6.45) is 0. The van der Waals surface area contributed by atoms with E-state index in [1.54, 1.807) is 12.1 Å². The van der Waals surface area contributed by atoms with Crippen LogP contribution in [-0.4, -0.2) is 0 Å². The van der Waals surface area contributed by atoms with Crippen molar-refractivity contribution in [1.29, 1.82) is 0 Å². The highest BCUT2D eigenvalue weighted by Crippen LogP contribution is 2.18. The Morgan fingerprint density at radius 2 is 1.89 bits per heavy atom. The molecule has 0 aliphatic heterocycles. The fourth-order valence-electron chi connectivity index (χ4n) is 1.63. The summed E-state index contributed by atoms with van der Waals surface area (Å²) >= 11 is 0. The lowest BCUT2D eigenvalue weighted by Gasteiger charge is -2.10. The quantitative estimate of drug-likeness (QED) is 0.895. The molecular formula is C15H16FNO. The molecule has 0 radical (unpaired) electrons. The first-order valence-electron chi connectivity index (χ1n) is 5.88. The van der Waals surface area contributed by atoms with E-state index < -0.39 is 0 Å². The number of hydrogen-bond donors (Lipinski definition) is 1. The van der Waals surface area contributed by atoms with Crippen molar-refractivity contribution in [2.45, 2.75) is 19.6 Å². The molecule has 94 valence electrons. The number of halogens is 1. The maximum Gasteiger partial charge on any atom is 0.123 e. The molecule has 0 heterocycles. The van der Waals surface area contributed by atoms with Gasteiger partial charge in [-0.3, -0.25) is 0 Å². The van der Waals surface area contributed by atoms with Crippen molar-refractivity contribution in [3.05, 3.63) is 65.5 Å². The van der Waals surface area contributed by atoms with Crippen LogP contribution >= 0.6 is 0 Å². The number of benzene rings is 2. The van der Waals surface area contributed by atoms with Gasteiger partial charge in [-0.25, -0.2) is 4.39 Å². The van der Waals surface area contributed by atoms with E-state index in [9.17, 15) is 4.39 Å². The zero-order valence-electron chi connectivity index (χ0n) is 10.3. The lowest BCUT2D eigenvalue weighted by molar-refractivity contribution is 0.305. The Balaban J connectivity index is 2.01. The van der Waals surface area contributed by atoms with E-state index in [1.165, 1.54) is 12.1 Å². The van der Waals surface area contributed by atoms with Crippen LogP contribution < -0.4 is 10.5 Å². The standard InChI is InChI=1S/C15H16FNO/c1-11(17)13-3-2-4-15(9-13)18-10-12-5-7-14(16)8-6-12/h2-9,11H,10,17H2,1H3. The molecule has 0 bridgehead atoms. The Labute approximate surface area is 106 Å². The Morgan fingerprint density at radius 1 is 1.17 bits per heavy atom. The first kappa shape index (κ1) is 12.6. The van der Waals surface area contributed by atoms with E-state index >= 15 is 0 Å². The molecule has 2 aromatic carbocycles. The lowest BCUT2D eigenvalue weighted by Crippen LogP contribution is -2.05. The Kier molecular flexibility index (Phi) is 3.95. The summed E-state index contributed by atoms with van der Waals surface area (Å²) in [6, 6.07) is 14.0. The smallest absolute Gasteiger partial charge is 0.123 e. The van der Waals surface area contributed by atoms with Gasteiger partial charge in [0.2, 0.25) is 0 Å². The van der Waals surface area contributed by atoms with Gasteiger partial charge in [-0.15, -0.1) is 0 Å². The molecule has 2 N–H and O–H groups in total. The number of rotatable bonds is 4.